The Labute approximate surface area is 96.2 Å². The minimum atomic E-state index is -0.740. The number of esters is 1. The number of ether oxygens (including phenoxy) is 1. The predicted molar refractivity (Wildman–Crippen MR) is 60.2 cm³/mol. The van der Waals surface area contributed by atoms with Crippen LogP contribution in [-0.4, -0.2) is 36.7 Å². The topological polar surface area (TPSA) is 75.6 Å². The van der Waals surface area contributed by atoms with E-state index in [1.165, 1.54) is 0 Å². The molecule has 5 nitrogen and oxygen atoms in total. The first-order chi connectivity index (χ1) is 7.66. The maximum Gasteiger partial charge on any atom is 0.307 e. The average molecular weight is 231 g/mol. The molecule has 0 radical (unpaired) electrons. The second-order valence-corrected chi connectivity index (χ2v) is 3.51. The van der Waals surface area contributed by atoms with Crippen LogP contribution in [0, 0.1) is 0 Å². The second kappa shape index (κ2) is 10.4. The molecule has 2 N–H and O–H groups in total. The summed E-state index contributed by atoms with van der Waals surface area (Å²) in [6, 6.07) is 0. The first-order valence-corrected chi connectivity index (χ1v) is 5.75. The van der Waals surface area contributed by atoms with E-state index in [1.54, 1.807) is 6.92 Å². The molecule has 0 rings (SSSR count). The first kappa shape index (κ1) is 14.9. The van der Waals surface area contributed by atoms with Crippen LogP contribution in [0.15, 0.2) is 0 Å². The molecule has 0 aliphatic heterocycles. The maximum atomic E-state index is 10.9. The van der Waals surface area contributed by atoms with Crippen LogP contribution in [0.1, 0.15) is 39.0 Å². The van der Waals surface area contributed by atoms with Crippen molar-refractivity contribution in [1.29, 1.82) is 0 Å². The number of rotatable bonds is 10. The lowest BCUT2D eigenvalue weighted by Gasteiger charge is -2.04. The molecule has 0 saturated carbocycles. The Bertz CT molecular complexity index is 206. The van der Waals surface area contributed by atoms with Crippen molar-refractivity contribution in [3.05, 3.63) is 0 Å². The van der Waals surface area contributed by atoms with E-state index < -0.39 is 5.97 Å². The van der Waals surface area contributed by atoms with Crippen molar-refractivity contribution in [3.8, 4) is 0 Å². The summed E-state index contributed by atoms with van der Waals surface area (Å²) in [5.41, 5.74) is 0. The van der Waals surface area contributed by atoms with Crippen LogP contribution in [0.5, 0.6) is 0 Å². The smallest absolute Gasteiger partial charge is 0.307 e. The van der Waals surface area contributed by atoms with Gasteiger partial charge in [0.05, 0.1) is 13.0 Å². The summed E-state index contributed by atoms with van der Waals surface area (Å²) in [4.78, 5) is 21.1. The van der Waals surface area contributed by atoms with Gasteiger partial charge < -0.3 is 15.2 Å². The molecule has 0 aromatic rings. The number of nitrogens with one attached hydrogen (secondary N) is 1. The summed E-state index contributed by atoms with van der Waals surface area (Å²) in [6.45, 7) is 3.65. The zero-order chi connectivity index (χ0) is 12.2. The summed E-state index contributed by atoms with van der Waals surface area (Å²) in [5, 5.41) is 11.5. The number of unbranched alkanes of at least 4 members (excludes halogenated alkanes) is 2. The van der Waals surface area contributed by atoms with E-state index in [-0.39, 0.29) is 12.4 Å². The molecule has 0 saturated heterocycles. The van der Waals surface area contributed by atoms with Crippen LogP contribution in [0.2, 0.25) is 0 Å². The Morgan fingerprint density at radius 3 is 2.50 bits per heavy atom. The first-order valence-electron chi connectivity index (χ1n) is 5.75. The van der Waals surface area contributed by atoms with Gasteiger partial charge in [-0.25, -0.2) is 0 Å². The van der Waals surface area contributed by atoms with Crippen LogP contribution in [0.4, 0.5) is 0 Å². The monoisotopic (exact) mass is 231 g/mol. The Hall–Kier alpha value is -1.10. The lowest BCUT2D eigenvalue weighted by molar-refractivity contribution is -0.143. The quantitative estimate of drug-likeness (QED) is 0.436. The number of carbonyl (C=O) groups excluding carboxylic acids is 1. The molecule has 5 heteroatoms. The van der Waals surface area contributed by atoms with Crippen LogP contribution in [-0.2, 0) is 14.3 Å². The van der Waals surface area contributed by atoms with E-state index in [0.717, 1.165) is 25.8 Å². The molecular formula is C11H21NO4. The molecule has 0 atom stereocenters. The molecule has 0 unspecified atom stereocenters. The van der Waals surface area contributed by atoms with Gasteiger partial charge >= 0.3 is 11.9 Å². The number of carboxylic acids is 1. The summed E-state index contributed by atoms with van der Waals surface area (Å²) >= 11 is 0. The number of hydrogen-bond donors (Lipinski definition) is 2. The second-order valence-electron chi connectivity index (χ2n) is 3.51. The third-order valence-electron chi connectivity index (χ3n) is 2.06. The SMILES string of the molecule is CCOC(=O)CCNCCCCCC(=O)O. The van der Waals surface area contributed by atoms with Crippen LogP contribution in [0.3, 0.4) is 0 Å². The predicted octanol–water partition coefficient (Wildman–Crippen LogP) is 1.17. The largest absolute Gasteiger partial charge is 0.481 e. The zero-order valence-corrected chi connectivity index (χ0v) is 9.83. The van der Waals surface area contributed by atoms with E-state index in [4.69, 9.17) is 9.84 Å². The van der Waals surface area contributed by atoms with Crippen molar-refractivity contribution in [2.75, 3.05) is 19.7 Å². The van der Waals surface area contributed by atoms with E-state index in [0.29, 0.717) is 19.6 Å². The van der Waals surface area contributed by atoms with Gasteiger partial charge in [0.25, 0.3) is 0 Å². The Morgan fingerprint density at radius 1 is 1.12 bits per heavy atom. The van der Waals surface area contributed by atoms with E-state index in [1.807, 2.05) is 0 Å². The highest BCUT2D eigenvalue weighted by molar-refractivity contribution is 5.69. The molecule has 0 aliphatic rings. The van der Waals surface area contributed by atoms with Crippen molar-refractivity contribution in [2.24, 2.45) is 0 Å². The van der Waals surface area contributed by atoms with E-state index >= 15 is 0 Å². The molecule has 0 fully saturated rings. The summed E-state index contributed by atoms with van der Waals surface area (Å²) in [5.74, 6) is -0.920. The lowest BCUT2D eigenvalue weighted by atomic mass is 10.2. The minimum Gasteiger partial charge on any atom is -0.481 e. The van der Waals surface area contributed by atoms with Gasteiger partial charge in [-0.3, -0.25) is 9.59 Å². The number of aliphatic carboxylic acids is 1. The Balaban J connectivity index is 3.09. The molecule has 16 heavy (non-hydrogen) atoms. The summed E-state index contributed by atoms with van der Waals surface area (Å²) < 4.78 is 4.77. The van der Waals surface area contributed by atoms with Gasteiger partial charge in [-0.15, -0.1) is 0 Å². The highest BCUT2D eigenvalue weighted by Crippen LogP contribution is 1.98. The van der Waals surface area contributed by atoms with E-state index in [9.17, 15) is 9.59 Å². The molecular weight excluding hydrogens is 210 g/mol. The molecule has 0 amide bonds. The van der Waals surface area contributed by atoms with Gasteiger partial charge in [0, 0.05) is 13.0 Å². The van der Waals surface area contributed by atoms with Crippen LogP contribution < -0.4 is 5.32 Å². The molecule has 0 heterocycles. The van der Waals surface area contributed by atoms with Crippen molar-refractivity contribution < 1.29 is 19.4 Å². The summed E-state index contributed by atoms with van der Waals surface area (Å²) in [6.07, 6.45) is 3.19. The Kier molecular flexibility index (Phi) is 9.70. The van der Waals surface area contributed by atoms with Gasteiger partial charge in [-0.05, 0) is 26.3 Å². The number of carbonyl (C=O) groups is 2. The van der Waals surface area contributed by atoms with Gasteiger partial charge in [0.1, 0.15) is 0 Å². The fraction of sp³-hybridized carbons (Fsp3) is 0.818. The Morgan fingerprint density at radius 2 is 1.88 bits per heavy atom. The number of hydrogen-bond acceptors (Lipinski definition) is 4. The van der Waals surface area contributed by atoms with Gasteiger partial charge in [0.15, 0.2) is 0 Å². The maximum absolute atomic E-state index is 10.9. The lowest BCUT2D eigenvalue weighted by Crippen LogP contribution is -2.20. The third-order valence-corrected chi connectivity index (χ3v) is 2.06. The van der Waals surface area contributed by atoms with Crippen LogP contribution >= 0.6 is 0 Å². The normalized spacial score (nSPS) is 10.1. The number of carboxylic acid groups (broad SMARTS) is 1. The minimum absolute atomic E-state index is 0.180. The fourth-order valence-corrected chi connectivity index (χ4v) is 1.25. The summed E-state index contributed by atoms with van der Waals surface area (Å²) in [7, 11) is 0. The molecule has 0 aromatic carbocycles. The van der Waals surface area contributed by atoms with Crippen LogP contribution in [0.25, 0.3) is 0 Å². The highest BCUT2D eigenvalue weighted by atomic mass is 16.5. The van der Waals surface area contributed by atoms with Gasteiger partial charge in [-0.1, -0.05) is 6.42 Å². The van der Waals surface area contributed by atoms with Gasteiger partial charge in [-0.2, -0.15) is 0 Å². The van der Waals surface area contributed by atoms with E-state index in [2.05, 4.69) is 5.32 Å². The van der Waals surface area contributed by atoms with Crippen molar-refractivity contribution in [3.63, 3.8) is 0 Å². The highest BCUT2D eigenvalue weighted by Gasteiger charge is 2.00. The van der Waals surface area contributed by atoms with Crippen molar-refractivity contribution in [2.45, 2.75) is 39.0 Å². The standard InChI is InChI=1S/C11H21NO4/c1-2-16-11(15)7-9-12-8-5-3-4-6-10(13)14/h12H,2-9H2,1H3,(H,13,14). The van der Waals surface area contributed by atoms with Crippen molar-refractivity contribution in [1.82, 2.24) is 5.32 Å². The molecule has 0 bridgehead atoms. The average Bonchev–Trinajstić information content (AvgIpc) is 2.22. The zero-order valence-electron chi connectivity index (χ0n) is 9.83. The molecule has 0 aromatic heterocycles. The molecule has 0 aliphatic carbocycles. The molecule has 0 spiro atoms. The van der Waals surface area contributed by atoms with Crippen molar-refractivity contribution >= 4 is 11.9 Å². The van der Waals surface area contributed by atoms with Gasteiger partial charge in [0.2, 0.25) is 0 Å². The third kappa shape index (κ3) is 11.0. The fourth-order valence-electron chi connectivity index (χ4n) is 1.25. The molecule has 94 valence electrons.